The molecule has 0 N–H and O–H groups in total. The normalized spacial score (nSPS) is 20.7. The summed E-state index contributed by atoms with van der Waals surface area (Å²) in [7, 11) is -3.65. The number of thiazole rings is 1. The molecule has 0 bridgehead atoms. The summed E-state index contributed by atoms with van der Waals surface area (Å²) < 4.78 is 29.0. The number of piperidine rings is 1. The van der Waals surface area contributed by atoms with Crippen LogP contribution in [0, 0.1) is 0 Å². The van der Waals surface area contributed by atoms with Crippen molar-refractivity contribution in [2.45, 2.75) is 29.5 Å². The third-order valence-corrected chi connectivity index (χ3v) is 10.6. The Labute approximate surface area is 200 Å². The van der Waals surface area contributed by atoms with Gasteiger partial charge in [0.05, 0.1) is 10.2 Å². The lowest BCUT2D eigenvalue weighted by molar-refractivity contribution is -0.136. The Morgan fingerprint density at radius 2 is 1.91 bits per heavy atom. The van der Waals surface area contributed by atoms with Crippen LogP contribution in [0.3, 0.4) is 0 Å². The quantitative estimate of drug-likeness (QED) is 0.532. The molecule has 2 fully saturated rings. The minimum Gasteiger partial charge on any atom is -0.345 e. The molecule has 4 heterocycles. The smallest absolute Gasteiger partial charge is 0.253 e. The number of amides is 1. The van der Waals surface area contributed by atoms with Crippen molar-refractivity contribution in [3.8, 4) is 0 Å². The Hall–Kier alpha value is -1.72. The molecule has 11 heteroatoms. The Balaban J connectivity index is 1.28. The number of carbonyl (C=O) groups excluding carboxylic acids is 1. The molecule has 2 aromatic heterocycles. The minimum atomic E-state index is -3.65. The first kappa shape index (κ1) is 22.1. The van der Waals surface area contributed by atoms with Gasteiger partial charge in [-0.25, -0.2) is 13.4 Å². The number of aromatic nitrogens is 1. The fraction of sp³-hybridized carbons (Fsp3) is 0.429. The summed E-state index contributed by atoms with van der Waals surface area (Å²) in [5.74, 6) is -0.0828. The van der Waals surface area contributed by atoms with E-state index in [9.17, 15) is 13.2 Å². The van der Waals surface area contributed by atoms with Gasteiger partial charge in [0.15, 0.2) is 5.13 Å². The van der Waals surface area contributed by atoms with Crippen LogP contribution in [-0.2, 0) is 14.8 Å². The summed E-state index contributed by atoms with van der Waals surface area (Å²) in [6.07, 6.45) is 2.22. The number of rotatable bonds is 4. The summed E-state index contributed by atoms with van der Waals surface area (Å²) in [6, 6.07) is 8.40. The van der Waals surface area contributed by atoms with Gasteiger partial charge in [0.2, 0.25) is 5.91 Å². The standard InChI is InChI=1S/C21H23ClN4O3S3/c22-15-6-7-16-18(14-15)31-21(23-16)25-11-9-24(10-12-25)20(27)17-4-1-2-8-26(17)32(28,29)19-5-3-13-30-19/h3,5-7,13-14,17H,1-2,4,8-12H2. The fourth-order valence-corrected chi connectivity index (χ4v) is 8.38. The van der Waals surface area contributed by atoms with Gasteiger partial charge in [-0.1, -0.05) is 35.4 Å². The zero-order valence-electron chi connectivity index (χ0n) is 17.3. The van der Waals surface area contributed by atoms with E-state index in [2.05, 4.69) is 4.90 Å². The highest BCUT2D eigenvalue weighted by Gasteiger charge is 2.40. The second-order valence-electron chi connectivity index (χ2n) is 7.98. The van der Waals surface area contributed by atoms with Crippen LogP contribution in [0.2, 0.25) is 5.02 Å². The number of fused-ring (bicyclic) bond motifs is 1. The molecule has 0 radical (unpaired) electrons. The molecule has 2 saturated heterocycles. The SMILES string of the molecule is O=C(C1CCCCN1S(=O)(=O)c1cccs1)N1CCN(c2nc3ccc(Cl)cc3s2)CC1. The molecule has 2 aliphatic rings. The average molecular weight is 511 g/mol. The van der Waals surface area contributed by atoms with Gasteiger partial charge in [-0.05, 0) is 42.5 Å². The van der Waals surface area contributed by atoms with Crippen LogP contribution in [0.1, 0.15) is 19.3 Å². The van der Waals surface area contributed by atoms with Crippen molar-refractivity contribution in [3.05, 3.63) is 40.7 Å². The van der Waals surface area contributed by atoms with E-state index in [1.807, 2.05) is 23.1 Å². The van der Waals surface area contributed by atoms with Gasteiger partial charge in [-0.3, -0.25) is 4.79 Å². The summed E-state index contributed by atoms with van der Waals surface area (Å²) in [5, 5.41) is 3.37. The van der Waals surface area contributed by atoms with Crippen LogP contribution >= 0.6 is 34.3 Å². The van der Waals surface area contributed by atoms with Crippen LogP contribution < -0.4 is 4.90 Å². The van der Waals surface area contributed by atoms with Crippen molar-refractivity contribution in [3.63, 3.8) is 0 Å². The predicted molar refractivity (Wildman–Crippen MR) is 129 cm³/mol. The summed E-state index contributed by atoms with van der Waals surface area (Å²) >= 11 is 8.89. The molecule has 7 nitrogen and oxygen atoms in total. The molecule has 5 rings (SSSR count). The van der Waals surface area contributed by atoms with Gasteiger partial charge in [0, 0.05) is 37.7 Å². The molecule has 170 valence electrons. The van der Waals surface area contributed by atoms with E-state index in [1.54, 1.807) is 28.8 Å². The number of nitrogens with zero attached hydrogens (tertiary/aromatic N) is 4. The van der Waals surface area contributed by atoms with Gasteiger partial charge < -0.3 is 9.80 Å². The molecule has 0 aliphatic carbocycles. The number of anilines is 1. The lowest BCUT2D eigenvalue weighted by atomic mass is 10.0. The van der Waals surface area contributed by atoms with Gasteiger partial charge in [0.1, 0.15) is 10.3 Å². The molecular weight excluding hydrogens is 488 g/mol. The molecule has 32 heavy (non-hydrogen) atoms. The molecule has 3 aromatic rings. The van der Waals surface area contributed by atoms with E-state index in [1.165, 1.54) is 15.6 Å². The first-order valence-electron chi connectivity index (χ1n) is 10.6. The molecule has 1 unspecified atom stereocenters. The zero-order chi connectivity index (χ0) is 22.3. The number of benzene rings is 1. The van der Waals surface area contributed by atoms with Crippen LogP contribution in [0.15, 0.2) is 39.9 Å². The van der Waals surface area contributed by atoms with Crippen LogP contribution in [0.5, 0.6) is 0 Å². The van der Waals surface area contributed by atoms with E-state index in [-0.39, 0.29) is 5.91 Å². The molecule has 1 aromatic carbocycles. The zero-order valence-corrected chi connectivity index (χ0v) is 20.5. The maximum atomic E-state index is 13.4. The summed E-state index contributed by atoms with van der Waals surface area (Å²) in [6.45, 7) is 2.84. The topological polar surface area (TPSA) is 73.8 Å². The van der Waals surface area contributed by atoms with Crippen molar-refractivity contribution in [1.29, 1.82) is 0 Å². The van der Waals surface area contributed by atoms with E-state index < -0.39 is 16.1 Å². The van der Waals surface area contributed by atoms with Crippen LogP contribution in [0.25, 0.3) is 10.2 Å². The first-order valence-corrected chi connectivity index (χ1v) is 14.1. The van der Waals surface area contributed by atoms with Gasteiger partial charge in [-0.15, -0.1) is 11.3 Å². The van der Waals surface area contributed by atoms with Gasteiger partial charge in [0.25, 0.3) is 10.0 Å². The fourth-order valence-electron chi connectivity index (χ4n) is 4.32. The lowest BCUT2D eigenvalue weighted by Gasteiger charge is -2.40. The Kier molecular flexibility index (Phi) is 6.15. The number of hydrogen-bond acceptors (Lipinski definition) is 7. The molecule has 1 amide bonds. The second-order valence-corrected chi connectivity index (χ2v) is 12.5. The van der Waals surface area contributed by atoms with Crippen molar-refractivity contribution in [2.24, 2.45) is 0 Å². The number of carbonyl (C=O) groups is 1. The van der Waals surface area contributed by atoms with Crippen molar-refractivity contribution >= 4 is 65.6 Å². The Bertz CT molecular complexity index is 1220. The Morgan fingerprint density at radius 1 is 1.09 bits per heavy atom. The van der Waals surface area contributed by atoms with Gasteiger partial charge in [-0.2, -0.15) is 4.31 Å². The summed E-state index contributed by atoms with van der Waals surface area (Å²) in [5.41, 5.74) is 0.921. The summed E-state index contributed by atoms with van der Waals surface area (Å²) in [4.78, 5) is 22.1. The third-order valence-electron chi connectivity index (χ3n) is 6.00. The Morgan fingerprint density at radius 3 is 2.66 bits per heavy atom. The number of halogens is 1. The van der Waals surface area contributed by atoms with Crippen LogP contribution in [0.4, 0.5) is 5.13 Å². The average Bonchev–Trinajstić information content (AvgIpc) is 3.49. The molecule has 0 saturated carbocycles. The molecular formula is C21H23ClN4O3S3. The highest BCUT2D eigenvalue weighted by atomic mass is 35.5. The first-order chi connectivity index (χ1) is 15.4. The number of piperazine rings is 1. The van der Waals surface area contributed by atoms with Crippen molar-refractivity contribution < 1.29 is 13.2 Å². The highest BCUT2D eigenvalue weighted by Crippen LogP contribution is 2.32. The monoisotopic (exact) mass is 510 g/mol. The lowest BCUT2D eigenvalue weighted by Crippen LogP contribution is -2.57. The largest absolute Gasteiger partial charge is 0.345 e. The molecule has 1 atom stereocenters. The van der Waals surface area contributed by atoms with E-state index >= 15 is 0 Å². The van der Waals surface area contributed by atoms with Crippen LogP contribution in [-0.4, -0.2) is 67.3 Å². The minimum absolute atomic E-state index is 0.0828. The van der Waals surface area contributed by atoms with E-state index in [4.69, 9.17) is 16.6 Å². The van der Waals surface area contributed by atoms with Gasteiger partial charge >= 0.3 is 0 Å². The molecule has 2 aliphatic heterocycles. The maximum absolute atomic E-state index is 13.4. The van der Waals surface area contributed by atoms with Crippen molar-refractivity contribution in [1.82, 2.24) is 14.2 Å². The van der Waals surface area contributed by atoms with E-state index in [0.29, 0.717) is 48.4 Å². The van der Waals surface area contributed by atoms with Crippen molar-refractivity contribution in [2.75, 3.05) is 37.6 Å². The number of hydrogen-bond donors (Lipinski definition) is 0. The van der Waals surface area contributed by atoms with E-state index in [0.717, 1.165) is 28.2 Å². The number of thiophene rings is 1. The highest BCUT2D eigenvalue weighted by molar-refractivity contribution is 7.91. The number of sulfonamides is 1. The predicted octanol–water partition coefficient (Wildman–Crippen LogP) is 3.90. The molecule has 0 spiro atoms. The maximum Gasteiger partial charge on any atom is 0.253 e. The third kappa shape index (κ3) is 4.14. The second kappa shape index (κ2) is 8.90.